The summed E-state index contributed by atoms with van der Waals surface area (Å²) in [5.74, 6) is 0.592. The largest absolute Gasteiger partial charge is 0.455 e. The highest BCUT2D eigenvalue weighted by Crippen LogP contribution is 2.27. The minimum absolute atomic E-state index is 0.0183. The molecule has 0 aliphatic heterocycles. The molecule has 0 aliphatic rings. The molecule has 3 nitrogen and oxygen atoms in total. The van der Waals surface area contributed by atoms with Gasteiger partial charge in [0.15, 0.2) is 17.8 Å². The molecule has 0 atom stereocenters. The van der Waals surface area contributed by atoms with E-state index in [0.29, 0.717) is 16.7 Å². The van der Waals surface area contributed by atoms with Gasteiger partial charge in [-0.2, -0.15) is 0 Å². The number of aryl methyl sites for hydroxylation is 1. The second kappa shape index (κ2) is 4.81. The Morgan fingerprint density at radius 3 is 2.50 bits per heavy atom. The Balaban J connectivity index is 2.08. The van der Waals surface area contributed by atoms with E-state index in [4.69, 9.17) is 4.42 Å². The molecule has 0 saturated carbocycles. The van der Waals surface area contributed by atoms with Crippen molar-refractivity contribution in [3.8, 4) is 11.3 Å². The summed E-state index contributed by atoms with van der Waals surface area (Å²) >= 11 is 0. The summed E-state index contributed by atoms with van der Waals surface area (Å²) in [7, 11) is 1.95. The van der Waals surface area contributed by atoms with Crippen LogP contribution in [-0.2, 0) is 7.05 Å². The molecule has 3 heteroatoms. The summed E-state index contributed by atoms with van der Waals surface area (Å²) in [6.45, 7) is 0. The fourth-order valence-electron chi connectivity index (χ4n) is 2.69. The normalized spacial score (nSPS) is 11.1. The average molecular weight is 288 g/mol. The minimum atomic E-state index is -0.0183. The van der Waals surface area contributed by atoms with Crippen molar-refractivity contribution in [3.63, 3.8) is 0 Å². The first-order chi connectivity index (χ1) is 10.7. The predicted octanol–water partition coefficient (Wildman–Crippen LogP) is 3.44. The van der Waals surface area contributed by atoms with Crippen LogP contribution in [0.1, 0.15) is 0 Å². The fourth-order valence-corrected chi connectivity index (χ4v) is 2.69. The third-order valence-corrected chi connectivity index (χ3v) is 3.88. The van der Waals surface area contributed by atoms with E-state index in [1.165, 1.54) is 0 Å². The second-order valence-electron chi connectivity index (χ2n) is 5.39. The fraction of sp³-hybridized carbons (Fsp3) is 0.0526. The van der Waals surface area contributed by atoms with Gasteiger partial charge in [-0.3, -0.25) is 4.79 Å². The van der Waals surface area contributed by atoms with Crippen molar-refractivity contribution < 1.29 is 8.98 Å². The first-order valence-electron chi connectivity index (χ1n) is 7.14. The Bertz CT molecular complexity index is 1050. The minimum Gasteiger partial charge on any atom is -0.455 e. The lowest BCUT2D eigenvalue weighted by Crippen LogP contribution is -2.25. The Morgan fingerprint density at radius 2 is 1.68 bits per heavy atom. The predicted molar refractivity (Wildman–Crippen MR) is 86.6 cm³/mol. The van der Waals surface area contributed by atoms with Crippen LogP contribution >= 0.6 is 0 Å². The summed E-state index contributed by atoms with van der Waals surface area (Å²) < 4.78 is 8.02. The summed E-state index contributed by atoms with van der Waals surface area (Å²) in [6, 6.07) is 17.2. The molecule has 0 radical (unpaired) electrons. The van der Waals surface area contributed by atoms with Crippen LogP contribution in [0, 0.1) is 0 Å². The second-order valence-corrected chi connectivity index (χ2v) is 5.39. The van der Waals surface area contributed by atoms with Gasteiger partial charge in [0.2, 0.25) is 0 Å². The number of pyridine rings is 1. The lowest BCUT2D eigenvalue weighted by atomic mass is 10.1. The van der Waals surface area contributed by atoms with Gasteiger partial charge in [-0.25, -0.2) is 4.57 Å². The molecule has 0 aliphatic carbocycles. The van der Waals surface area contributed by atoms with Crippen LogP contribution in [0.25, 0.3) is 33.1 Å². The smallest absolute Gasteiger partial charge is 0.193 e. The Morgan fingerprint density at radius 1 is 0.909 bits per heavy atom. The lowest BCUT2D eigenvalue weighted by Gasteiger charge is -2.05. The van der Waals surface area contributed by atoms with Gasteiger partial charge in [0.05, 0.1) is 5.39 Å². The van der Waals surface area contributed by atoms with E-state index >= 15 is 0 Å². The van der Waals surface area contributed by atoms with Crippen molar-refractivity contribution in [1.82, 2.24) is 0 Å². The van der Waals surface area contributed by atoms with E-state index in [0.717, 1.165) is 16.3 Å². The number of nitrogens with zero attached hydrogens (tertiary/aromatic N) is 1. The van der Waals surface area contributed by atoms with E-state index < -0.39 is 0 Å². The maximum atomic E-state index is 12.4. The highest BCUT2D eigenvalue weighted by Gasteiger charge is 2.10. The third-order valence-electron chi connectivity index (χ3n) is 3.88. The van der Waals surface area contributed by atoms with Gasteiger partial charge in [0.25, 0.3) is 0 Å². The number of aromatic nitrogens is 1. The standard InChI is InChI=1S/C19H14NO2/c1-20-10-8-14(9-11-20)18-12-17(21)16-7-6-13-4-2-3-5-15(13)19(16)22-18/h2-12H,1H3/q+1. The molecule has 0 unspecified atom stereocenters. The molecule has 22 heavy (non-hydrogen) atoms. The van der Waals surface area contributed by atoms with Gasteiger partial charge < -0.3 is 4.42 Å². The van der Waals surface area contributed by atoms with Crippen LogP contribution in [0.4, 0.5) is 0 Å². The molecule has 0 amide bonds. The highest BCUT2D eigenvalue weighted by atomic mass is 16.3. The number of fused-ring (bicyclic) bond motifs is 3. The Labute approximate surface area is 127 Å². The van der Waals surface area contributed by atoms with E-state index in [1.807, 2.05) is 72.5 Å². The van der Waals surface area contributed by atoms with E-state index in [9.17, 15) is 4.79 Å². The maximum absolute atomic E-state index is 12.4. The van der Waals surface area contributed by atoms with E-state index in [2.05, 4.69) is 0 Å². The average Bonchev–Trinajstić information content (AvgIpc) is 2.55. The number of rotatable bonds is 1. The van der Waals surface area contributed by atoms with E-state index in [1.54, 1.807) is 6.07 Å². The molecule has 0 fully saturated rings. The van der Waals surface area contributed by atoms with Gasteiger partial charge in [0, 0.05) is 29.1 Å². The zero-order valence-electron chi connectivity index (χ0n) is 12.1. The molecule has 4 rings (SSSR count). The van der Waals surface area contributed by atoms with Crippen molar-refractivity contribution in [1.29, 1.82) is 0 Å². The molecule has 2 heterocycles. The lowest BCUT2D eigenvalue weighted by molar-refractivity contribution is -0.671. The molecule has 106 valence electrons. The van der Waals surface area contributed by atoms with Crippen molar-refractivity contribution in [2.45, 2.75) is 0 Å². The third kappa shape index (κ3) is 1.99. The van der Waals surface area contributed by atoms with Gasteiger partial charge in [-0.05, 0) is 11.5 Å². The van der Waals surface area contributed by atoms with Crippen LogP contribution in [0.2, 0.25) is 0 Å². The SMILES string of the molecule is C[n+]1ccc(-c2cc(=O)c3ccc4ccccc4c3o2)cc1. The van der Waals surface area contributed by atoms with Crippen LogP contribution in [-0.4, -0.2) is 0 Å². The monoisotopic (exact) mass is 288 g/mol. The molecule has 0 N–H and O–H groups in total. The van der Waals surface area contributed by atoms with E-state index in [-0.39, 0.29) is 5.43 Å². The molecule has 2 aromatic carbocycles. The first kappa shape index (κ1) is 12.8. The van der Waals surface area contributed by atoms with Crippen molar-refractivity contribution >= 4 is 21.7 Å². The van der Waals surface area contributed by atoms with Crippen LogP contribution < -0.4 is 10.00 Å². The summed E-state index contributed by atoms with van der Waals surface area (Å²) in [5, 5.41) is 2.64. The van der Waals surface area contributed by atoms with Gasteiger partial charge in [-0.1, -0.05) is 30.3 Å². The highest BCUT2D eigenvalue weighted by molar-refractivity contribution is 6.04. The van der Waals surface area contributed by atoms with Gasteiger partial charge >= 0.3 is 0 Å². The van der Waals surface area contributed by atoms with Gasteiger partial charge in [-0.15, -0.1) is 0 Å². The summed E-state index contributed by atoms with van der Waals surface area (Å²) in [4.78, 5) is 12.4. The first-order valence-corrected chi connectivity index (χ1v) is 7.14. The summed E-state index contributed by atoms with van der Waals surface area (Å²) in [6.07, 6.45) is 3.87. The quantitative estimate of drug-likeness (QED) is 0.397. The zero-order valence-corrected chi connectivity index (χ0v) is 12.1. The maximum Gasteiger partial charge on any atom is 0.193 e. The number of hydrogen-bond donors (Lipinski definition) is 0. The summed E-state index contributed by atoms with van der Waals surface area (Å²) in [5.41, 5.74) is 1.52. The zero-order chi connectivity index (χ0) is 15.1. The van der Waals surface area contributed by atoms with Crippen molar-refractivity contribution in [3.05, 3.63) is 77.2 Å². The Hall–Kier alpha value is -2.94. The number of hydrogen-bond acceptors (Lipinski definition) is 2. The van der Waals surface area contributed by atoms with Gasteiger partial charge in [0.1, 0.15) is 18.4 Å². The van der Waals surface area contributed by atoms with Crippen molar-refractivity contribution in [2.24, 2.45) is 7.05 Å². The molecule has 0 spiro atoms. The molecular weight excluding hydrogens is 274 g/mol. The van der Waals surface area contributed by atoms with Crippen LogP contribution in [0.5, 0.6) is 0 Å². The molecule has 0 saturated heterocycles. The van der Waals surface area contributed by atoms with Crippen LogP contribution in [0.15, 0.2) is 76.2 Å². The number of benzene rings is 2. The molecular formula is C19H14NO2+. The van der Waals surface area contributed by atoms with Crippen molar-refractivity contribution in [2.75, 3.05) is 0 Å². The van der Waals surface area contributed by atoms with Crippen LogP contribution in [0.3, 0.4) is 0 Å². The molecule has 4 aromatic rings. The topological polar surface area (TPSA) is 34.1 Å². The molecule has 2 aromatic heterocycles. The molecule has 0 bridgehead atoms. The Kier molecular flexibility index (Phi) is 2.79.